The summed E-state index contributed by atoms with van der Waals surface area (Å²) >= 11 is 0. The molecule has 2 bridgehead atoms. The van der Waals surface area contributed by atoms with Gasteiger partial charge < -0.3 is 23.7 Å². The Kier molecular flexibility index (Phi) is 3.04. The van der Waals surface area contributed by atoms with Gasteiger partial charge in [0.2, 0.25) is 0 Å². The van der Waals surface area contributed by atoms with Crippen LogP contribution in [0, 0.1) is 0 Å². The Labute approximate surface area is 83.2 Å². The quantitative estimate of drug-likeness (QED) is 0.634. The Morgan fingerprint density at radius 3 is 2.29 bits per heavy atom. The molecule has 0 N–H and O–H groups in total. The van der Waals surface area contributed by atoms with Crippen molar-refractivity contribution in [2.75, 3.05) is 27.9 Å². The molecule has 0 saturated carbocycles. The van der Waals surface area contributed by atoms with E-state index in [0.717, 1.165) is 0 Å². The van der Waals surface area contributed by atoms with E-state index in [-0.39, 0.29) is 30.7 Å². The first-order valence-corrected chi connectivity index (χ1v) is 4.67. The van der Waals surface area contributed by atoms with Gasteiger partial charge in [0.25, 0.3) is 0 Å². The number of fused-ring (bicyclic) bond motifs is 2. The monoisotopic (exact) mass is 204 g/mol. The number of hydrogen-bond acceptors (Lipinski definition) is 5. The average Bonchev–Trinajstić information content (AvgIpc) is 2.73. The van der Waals surface area contributed by atoms with Crippen molar-refractivity contribution in [3.63, 3.8) is 0 Å². The standard InChI is InChI=1S/C9H16O5/c1-10-4-5-6-7(11-2)8(12-3)9(13-5)14-6/h5-9H,4H2,1-3H3/t5-,6+,7+,8-,9+/m1/s1. The lowest BCUT2D eigenvalue weighted by atomic mass is 10.0. The van der Waals surface area contributed by atoms with Gasteiger partial charge >= 0.3 is 0 Å². The fraction of sp³-hybridized carbons (Fsp3) is 1.00. The van der Waals surface area contributed by atoms with Crippen LogP contribution >= 0.6 is 0 Å². The molecule has 14 heavy (non-hydrogen) atoms. The molecule has 0 spiro atoms. The van der Waals surface area contributed by atoms with Crippen molar-refractivity contribution < 1.29 is 23.7 Å². The molecule has 5 nitrogen and oxygen atoms in total. The van der Waals surface area contributed by atoms with Crippen molar-refractivity contribution in [2.24, 2.45) is 0 Å². The summed E-state index contributed by atoms with van der Waals surface area (Å²) in [5.41, 5.74) is 0. The van der Waals surface area contributed by atoms with Gasteiger partial charge in [0.05, 0.1) is 6.61 Å². The summed E-state index contributed by atoms with van der Waals surface area (Å²) in [5, 5.41) is 0. The molecule has 2 aliphatic rings. The molecule has 0 aromatic rings. The first-order valence-electron chi connectivity index (χ1n) is 4.67. The van der Waals surface area contributed by atoms with E-state index in [2.05, 4.69) is 0 Å². The van der Waals surface area contributed by atoms with Crippen LogP contribution in [0.2, 0.25) is 0 Å². The minimum absolute atomic E-state index is 0.0404. The molecule has 0 aliphatic carbocycles. The Morgan fingerprint density at radius 1 is 1.00 bits per heavy atom. The Bertz CT molecular complexity index is 196. The minimum Gasteiger partial charge on any atom is -0.382 e. The van der Waals surface area contributed by atoms with Gasteiger partial charge in [-0.3, -0.25) is 0 Å². The number of hydrogen-bond donors (Lipinski definition) is 0. The SMILES string of the molecule is COC[C@H]1O[C@H]2O[C@@H]1[C@H](OC)[C@H]2OC. The lowest BCUT2D eigenvalue weighted by Gasteiger charge is -2.30. The molecule has 5 atom stereocenters. The Hall–Kier alpha value is -0.200. The lowest BCUT2D eigenvalue weighted by Crippen LogP contribution is -2.48. The predicted molar refractivity (Wildman–Crippen MR) is 47.0 cm³/mol. The number of rotatable bonds is 4. The summed E-state index contributed by atoms with van der Waals surface area (Å²) in [6.07, 6.45) is -0.608. The summed E-state index contributed by atoms with van der Waals surface area (Å²) in [6, 6.07) is 0. The Morgan fingerprint density at radius 2 is 1.71 bits per heavy atom. The fourth-order valence-electron chi connectivity index (χ4n) is 2.12. The van der Waals surface area contributed by atoms with Gasteiger partial charge in [0.1, 0.15) is 24.4 Å². The third-order valence-electron chi connectivity index (χ3n) is 2.76. The predicted octanol–water partition coefficient (Wildman–Crippen LogP) is -0.214. The molecule has 5 heteroatoms. The highest BCUT2D eigenvalue weighted by Crippen LogP contribution is 2.36. The third-order valence-corrected chi connectivity index (χ3v) is 2.76. The van der Waals surface area contributed by atoms with E-state index in [9.17, 15) is 0 Å². The fourth-order valence-corrected chi connectivity index (χ4v) is 2.12. The zero-order valence-corrected chi connectivity index (χ0v) is 8.64. The smallest absolute Gasteiger partial charge is 0.187 e. The van der Waals surface area contributed by atoms with Crippen LogP contribution in [0.1, 0.15) is 0 Å². The van der Waals surface area contributed by atoms with E-state index >= 15 is 0 Å². The van der Waals surface area contributed by atoms with E-state index in [1.165, 1.54) is 0 Å². The van der Waals surface area contributed by atoms with Gasteiger partial charge in [-0.15, -0.1) is 0 Å². The van der Waals surface area contributed by atoms with Crippen LogP contribution in [-0.2, 0) is 23.7 Å². The normalized spacial score (nSPS) is 46.1. The van der Waals surface area contributed by atoms with Crippen LogP contribution < -0.4 is 0 Å². The van der Waals surface area contributed by atoms with Crippen LogP contribution in [0.25, 0.3) is 0 Å². The van der Waals surface area contributed by atoms with Crippen molar-refractivity contribution in [1.82, 2.24) is 0 Å². The van der Waals surface area contributed by atoms with Gasteiger partial charge in [-0.25, -0.2) is 0 Å². The summed E-state index contributed by atoms with van der Waals surface area (Å²) in [7, 11) is 4.94. The molecule has 0 aromatic heterocycles. The highest BCUT2D eigenvalue weighted by atomic mass is 16.8. The zero-order valence-electron chi connectivity index (χ0n) is 8.64. The molecule has 2 fully saturated rings. The highest BCUT2D eigenvalue weighted by Gasteiger charge is 2.56. The zero-order chi connectivity index (χ0) is 10.1. The number of methoxy groups -OCH3 is 3. The first kappa shape index (κ1) is 10.3. The summed E-state index contributed by atoms with van der Waals surface area (Å²) in [5.74, 6) is 0. The second-order valence-corrected chi connectivity index (χ2v) is 3.50. The maximum absolute atomic E-state index is 5.59. The summed E-state index contributed by atoms with van der Waals surface area (Å²) in [6.45, 7) is 0.525. The highest BCUT2D eigenvalue weighted by molar-refractivity contribution is 4.98. The van der Waals surface area contributed by atoms with Crippen LogP contribution in [0.15, 0.2) is 0 Å². The summed E-state index contributed by atoms with van der Waals surface area (Å²) in [4.78, 5) is 0. The van der Waals surface area contributed by atoms with Crippen molar-refractivity contribution in [2.45, 2.75) is 30.7 Å². The molecule has 0 unspecified atom stereocenters. The largest absolute Gasteiger partial charge is 0.382 e. The lowest BCUT2D eigenvalue weighted by molar-refractivity contribution is -0.160. The minimum atomic E-state index is -0.310. The van der Waals surface area contributed by atoms with Crippen molar-refractivity contribution in [3.05, 3.63) is 0 Å². The van der Waals surface area contributed by atoms with E-state index < -0.39 is 0 Å². The molecular formula is C9H16O5. The van der Waals surface area contributed by atoms with Crippen LogP contribution in [0.5, 0.6) is 0 Å². The molecule has 82 valence electrons. The van der Waals surface area contributed by atoms with Crippen molar-refractivity contribution in [3.8, 4) is 0 Å². The van der Waals surface area contributed by atoms with E-state index in [0.29, 0.717) is 6.61 Å². The van der Waals surface area contributed by atoms with Crippen molar-refractivity contribution in [1.29, 1.82) is 0 Å². The van der Waals surface area contributed by atoms with Gasteiger partial charge in [-0.05, 0) is 0 Å². The molecule has 2 heterocycles. The van der Waals surface area contributed by atoms with Crippen LogP contribution in [0.4, 0.5) is 0 Å². The van der Waals surface area contributed by atoms with Crippen molar-refractivity contribution >= 4 is 0 Å². The van der Waals surface area contributed by atoms with E-state index in [1.54, 1.807) is 21.3 Å². The van der Waals surface area contributed by atoms with E-state index in [1.807, 2.05) is 0 Å². The second-order valence-electron chi connectivity index (χ2n) is 3.50. The Balaban J connectivity index is 2.02. The number of ether oxygens (including phenoxy) is 5. The topological polar surface area (TPSA) is 46.2 Å². The maximum atomic E-state index is 5.59. The molecule has 2 rings (SSSR count). The van der Waals surface area contributed by atoms with Gasteiger partial charge in [-0.1, -0.05) is 0 Å². The molecular weight excluding hydrogens is 188 g/mol. The third kappa shape index (κ3) is 1.45. The van der Waals surface area contributed by atoms with E-state index in [4.69, 9.17) is 23.7 Å². The molecule has 2 saturated heterocycles. The van der Waals surface area contributed by atoms with Gasteiger partial charge in [0, 0.05) is 21.3 Å². The van der Waals surface area contributed by atoms with Crippen LogP contribution in [0.3, 0.4) is 0 Å². The summed E-state index contributed by atoms with van der Waals surface area (Å²) < 4.78 is 26.8. The molecule has 0 radical (unpaired) electrons. The maximum Gasteiger partial charge on any atom is 0.187 e. The molecule has 0 aromatic carbocycles. The van der Waals surface area contributed by atoms with Gasteiger partial charge in [-0.2, -0.15) is 0 Å². The molecule has 2 aliphatic heterocycles. The van der Waals surface area contributed by atoms with Gasteiger partial charge in [0.15, 0.2) is 6.29 Å². The average molecular weight is 204 g/mol. The van der Waals surface area contributed by atoms with Crippen LogP contribution in [-0.4, -0.2) is 58.6 Å². The first-order chi connectivity index (χ1) is 6.81. The molecule has 0 amide bonds. The second kappa shape index (κ2) is 4.12.